The van der Waals surface area contributed by atoms with Crippen LogP contribution in [-0.2, 0) is 13.1 Å². The number of aryl methyl sites for hydroxylation is 1. The van der Waals surface area contributed by atoms with E-state index in [-0.39, 0.29) is 5.56 Å². The third kappa shape index (κ3) is 2.36. The fourth-order valence-corrected chi connectivity index (χ4v) is 4.84. The van der Waals surface area contributed by atoms with Crippen LogP contribution in [0, 0.1) is 12.8 Å². The number of pyridine rings is 1. The highest BCUT2D eigenvalue weighted by molar-refractivity contribution is 7.10. The molecule has 2 aliphatic rings. The molecule has 2 atom stereocenters. The summed E-state index contributed by atoms with van der Waals surface area (Å²) in [5.74, 6) is 1.14. The Morgan fingerprint density at radius 1 is 1.24 bits per heavy atom. The quantitative estimate of drug-likeness (QED) is 0.852. The molecule has 1 saturated heterocycles. The molecule has 2 unspecified atom stereocenters. The molecule has 2 aromatic heterocycles. The van der Waals surface area contributed by atoms with Crippen molar-refractivity contribution in [1.82, 2.24) is 9.47 Å². The van der Waals surface area contributed by atoms with Crippen molar-refractivity contribution in [2.45, 2.75) is 32.4 Å². The summed E-state index contributed by atoms with van der Waals surface area (Å²) in [6.07, 6.45) is 1.24. The van der Waals surface area contributed by atoms with Crippen molar-refractivity contribution in [2.75, 3.05) is 13.1 Å². The Morgan fingerprint density at radius 2 is 2.14 bits per heavy atom. The Labute approximate surface area is 128 Å². The van der Waals surface area contributed by atoms with E-state index < -0.39 is 0 Å². The van der Waals surface area contributed by atoms with Gasteiger partial charge in [-0.15, -0.1) is 11.3 Å². The molecule has 0 aliphatic carbocycles. The summed E-state index contributed by atoms with van der Waals surface area (Å²) in [6, 6.07) is 7.95. The second-order valence-electron chi connectivity index (χ2n) is 6.42. The molecular formula is C17H20N2OS. The molecule has 0 amide bonds. The lowest BCUT2D eigenvalue weighted by Crippen LogP contribution is -2.46. The number of rotatable bonds is 2. The number of hydrogen-bond donors (Lipinski definition) is 0. The van der Waals surface area contributed by atoms with Crippen molar-refractivity contribution in [3.8, 4) is 0 Å². The van der Waals surface area contributed by atoms with Gasteiger partial charge in [-0.3, -0.25) is 9.69 Å². The van der Waals surface area contributed by atoms with Gasteiger partial charge < -0.3 is 4.57 Å². The lowest BCUT2D eigenvalue weighted by atomic mass is 9.83. The molecule has 0 radical (unpaired) electrons. The summed E-state index contributed by atoms with van der Waals surface area (Å²) >= 11 is 1.86. The SMILES string of the molecule is Cc1ccsc1CN1CC2CC(C1)c1cccc(=O)n1C2. The number of piperidine rings is 1. The van der Waals surface area contributed by atoms with Crippen molar-refractivity contribution < 1.29 is 0 Å². The number of likely N-dealkylation sites (tertiary alicyclic amines) is 1. The van der Waals surface area contributed by atoms with Gasteiger partial charge in [0.2, 0.25) is 0 Å². The summed E-state index contributed by atoms with van der Waals surface area (Å²) in [7, 11) is 0. The lowest BCUT2D eigenvalue weighted by molar-refractivity contribution is 0.115. The number of fused-ring (bicyclic) bond motifs is 4. The predicted molar refractivity (Wildman–Crippen MR) is 85.9 cm³/mol. The zero-order chi connectivity index (χ0) is 14.4. The molecular weight excluding hydrogens is 280 g/mol. The van der Waals surface area contributed by atoms with Gasteiger partial charge in [0.15, 0.2) is 0 Å². The van der Waals surface area contributed by atoms with E-state index in [2.05, 4.69) is 29.3 Å². The Kier molecular flexibility index (Phi) is 3.23. The average molecular weight is 300 g/mol. The molecule has 0 aromatic carbocycles. The van der Waals surface area contributed by atoms with Crippen LogP contribution in [0.1, 0.15) is 28.5 Å². The van der Waals surface area contributed by atoms with E-state index in [1.54, 1.807) is 6.07 Å². The zero-order valence-corrected chi connectivity index (χ0v) is 13.1. The first-order chi connectivity index (χ1) is 10.2. The fourth-order valence-electron chi connectivity index (χ4n) is 3.89. The first kappa shape index (κ1) is 13.3. The van der Waals surface area contributed by atoms with E-state index in [0.29, 0.717) is 11.8 Å². The summed E-state index contributed by atoms with van der Waals surface area (Å²) < 4.78 is 2.01. The van der Waals surface area contributed by atoms with Gasteiger partial charge in [0.05, 0.1) is 0 Å². The summed E-state index contributed by atoms with van der Waals surface area (Å²) in [5.41, 5.74) is 2.82. The predicted octanol–water partition coefficient (Wildman–Crippen LogP) is 2.84. The minimum atomic E-state index is 0.171. The van der Waals surface area contributed by atoms with Gasteiger partial charge in [-0.25, -0.2) is 0 Å². The molecule has 4 heteroatoms. The van der Waals surface area contributed by atoms with Crippen LogP contribution >= 0.6 is 11.3 Å². The third-order valence-corrected chi connectivity index (χ3v) is 5.90. The maximum absolute atomic E-state index is 12.0. The smallest absolute Gasteiger partial charge is 0.250 e. The highest BCUT2D eigenvalue weighted by Crippen LogP contribution is 2.35. The molecule has 4 rings (SSSR count). The Morgan fingerprint density at radius 3 is 2.95 bits per heavy atom. The van der Waals surface area contributed by atoms with Crippen LogP contribution in [0.3, 0.4) is 0 Å². The van der Waals surface area contributed by atoms with Gasteiger partial charge in [-0.2, -0.15) is 0 Å². The van der Waals surface area contributed by atoms with Gasteiger partial charge in [-0.05, 0) is 42.3 Å². The number of thiophene rings is 1. The molecule has 4 heterocycles. The zero-order valence-electron chi connectivity index (χ0n) is 12.3. The van der Waals surface area contributed by atoms with Crippen molar-refractivity contribution >= 4 is 11.3 Å². The second kappa shape index (κ2) is 5.11. The minimum absolute atomic E-state index is 0.171. The highest BCUT2D eigenvalue weighted by Gasteiger charge is 2.34. The van der Waals surface area contributed by atoms with E-state index >= 15 is 0 Å². The molecule has 1 fully saturated rings. The summed E-state index contributed by atoms with van der Waals surface area (Å²) in [4.78, 5) is 16.1. The van der Waals surface area contributed by atoms with Gasteiger partial charge >= 0.3 is 0 Å². The Bertz CT molecular complexity index is 718. The molecule has 2 aromatic rings. The number of aromatic nitrogens is 1. The second-order valence-corrected chi connectivity index (χ2v) is 7.42. The van der Waals surface area contributed by atoms with Gasteiger partial charge in [0.25, 0.3) is 5.56 Å². The van der Waals surface area contributed by atoms with Crippen molar-refractivity contribution in [2.24, 2.45) is 5.92 Å². The molecule has 3 nitrogen and oxygen atoms in total. The Balaban J connectivity index is 1.59. The third-order valence-electron chi connectivity index (χ3n) is 4.89. The fraction of sp³-hybridized carbons (Fsp3) is 0.471. The van der Waals surface area contributed by atoms with Crippen molar-refractivity contribution in [1.29, 1.82) is 0 Å². The van der Waals surface area contributed by atoms with Crippen LogP contribution in [0.5, 0.6) is 0 Å². The van der Waals surface area contributed by atoms with E-state index in [1.807, 2.05) is 22.0 Å². The van der Waals surface area contributed by atoms with Crippen LogP contribution in [0.25, 0.3) is 0 Å². The van der Waals surface area contributed by atoms with Crippen LogP contribution < -0.4 is 5.56 Å². The van der Waals surface area contributed by atoms with E-state index in [4.69, 9.17) is 0 Å². The van der Waals surface area contributed by atoms with E-state index in [0.717, 1.165) is 26.2 Å². The molecule has 2 aliphatic heterocycles. The van der Waals surface area contributed by atoms with Crippen LogP contribution in [0.2, 0.25) is 0 Å². The standard InChI is InChI=1S/C17H20N2OS/c1-12-5-6-21-16(12)11-18-8-13-7-14(10-18)15-3-2-4-17(20)19(15)9-13/h2-6,13-14H,7-11H2,1H3. The minimum Gasteiger partial charge on any atom is -0.312 e. The van der Waals surface area contributed by atoms with Gasteiger partial charge in [-0.1, -0.05) is 6.07 Å². The lowest BCUT2D eigenvalue weighted by Gasteiger charge is -2.42. The van der Waals surface area contributed by atoms with E-state index in [1.165, 1.54) is 22.6 Å². The molecule has 0 saturated carbocycles. The number of nitrogens with zero attached hydrogens (tertiary/aromatic N) is 2. The molecule has 21 heavy (non-hydrogen) atoms. The largest absolute Gasteiger partial charge is 0.312 e. The first-order valence-electron chi connectivity index (χ1n) is 7.66. The Hall–Kier alpha value is -1.39. The summed E-state index contributed by atoms with van der Waals surface area (Å²) in [6.45, 7) is 6.36. The maximum atomic E-state index is 12.0. The molecule has 2 bridgehead atoms. The number of hydrogen-bond acceptors (Lipinski definition) is 3. The normalized spacial score (nSPS) is 24.8. The topological polar surface area (TPSA) is 25.2 Å². The molecule has 0 N–H and O–H groups in total. The van der Waals surface area contributed by atoms with Crippen LogP contribution in [-0.4, -0.2) is 22.6 Å². The first-order valence-corrected chi connectivity index (χ1v) is 8.54. The highest BCUT2D eigenvalue weighted by atomic mass is 32.1. The van der Waals surface area contributed by atoms with Crippen LogP contribution in [0.15, 0.2) is 34.4 Å². The molecule has 0 spiro atoms. The van der Waals surface area contributed by atoms with E-state index in [9.17, 15) is 4.79 Å². The van der Waals surface area contributed by atoms with Gasteiger partial charge in [0.1, 0.15) is 0 Å². The van der Waals surface area contributed by atoms with Gasteiger partial charge in [0, 0.05) is 48.7 Å². The summed E-state index contributed by atoms with van der Waals surface area (Å²) in [5, 5.41) is 2.18. The average Bonchev–Trinajstić information content (AvgIpc) is 2.86. The van der Waals surface area contributed by atoms with Crippen molar-refractivity contribution in [3.63, 3.8) is 0 Å². The maximum Gasteiger partial charge on any atom is 0.250 e. The monoisotopic (exact) mass is 300 g/mol. The van der Waals surface area contributed by atoms with Crippen LogP contribution in [0.4, 0.5) is 0 Å². The molecule has 110 valence electrons. The van der Waals surface area contributed by atoms with Crippen molar-refractivity contribution in [3.05, 3.63) is 56.1 Å².